The van der Waals surface area contributed by atoms with E-state index < -0.39 is 0 Å². The number of carbonyl (C=O) groups is 1. The number of likely N-dealkylation sites (tertiary alicyclic amines) is 1. The van der Waals surface area contributed by atoms with Gasteiger partial charge in [-0.2, -0.15) is 0 Å². The van der Waals surface area contributed by atoms with Crippen LogP contribution in [-0.2, 0) is 19.4 Å². The maximum atomic E-state index is 12.8. The minimum atomic E-state index is -0.0104. The number of pyridine rings is 1. The Kier molecular flexibility index (Phi) is 4.72. The first-order valence-electron chi connectivity index (χ1n) is 9.36. The molecule has 1 aliphatic heterocycles. The van der Waals surface area contributed by atoms with Gasteiger partial charge < -0.3 is 14.6 Å². The summed E-state index contributed by atoms with van der Waals surface area (Å²) in [6.45, 7) is 1.31. The Labute approximate surface area is 148 Å². The largest absolute Gasteiger partial charge is 0.467 e. The van der Waals surface area contributed by atoms with Crippen molar-refractivity contribution in [2.75, 3.05) is 6.54 Å². The number of aromatic nitrogens is 1. The van der Waals surface area contributed by atoms with Crippen LogP contribution in [-0.4, -0.2) is 22.5 Å². The van der Waals surface area contributed by atoms with Gasteiger partial charge in [0.15, 0.2) is 0 Å². The fourth-order valence-corrected chi connectivity index (χ4v) is 3.98. The van der Waals surface area contributed by atoms with Crippen LogP contribution in [0.15, 0.2) is 35.1 Å². The summed E-state index contributed by atoms with van der Waals surface area (Å²) in [5.74, 6) is 0.885. The highest BCUT2D eigenvalue weighted by atomic mass is 16.3. The smallest absolute Gasteiger partial charge is 0.318 e. The predicted molar refractivity (Wildman–Crippen MR) is 95.1 cm³/mol. The van der Waals surface area contributed by atoms with E-state index in [-0.39, 0.29) is 12.1 Å². The molecular formula is C20H25N3O2. The molecule has 4 rings (SSSR count). The van der Waals surface area contributed by atoms with Crippen LogP contribution in [0.2, 0.25) is 0 Å². The van der Waals surface area contributed by atoms with Crippen molar-refractivity contribution in [3.05, 3.63) is 53.2 Å². The number of urea groups is 1. The van der Waals surface area contributed by atoms with Crippen LogP contribution in [0.4, 0.5) is 4.79 Å². The van der Waals surface area contributed by atoms with E-state index in [1.807, 2.05) is 23.2 Å². The first kappa shape index (κ1) is 16.2. The molecule has 1 fully saturated rings. The predicted octanol–water partition coefficient (Wildman–Crippen LogP) is 3.99. The van der Waals surface area contributed by atoms with Gasteiger partial charge >= 0.3 is 6.03 Å². The van der Waals surface area contributed by atoms with Gasteiger partial charge in [0.25, 0.3) is 0 Å². The zero-order valence-electron chi connectivity index (χ0n) is 14.5. The summed E-state index contributed by atoms with van der Waals surface area (Å²) in [5.41, 5.74) is 3.65. The van der Waals surface area contributed by atoms with E-state index in [2.05, 4.69) is 16.4 Å². The number of amides is 2. The molecule has 5 heteroatoms. The fraction of sp³-hybridized carbons (Fsp3) is 0.500. The molecule has 0 aromatic carbocycles. The van der Waals surface area contributed by atoms with Gasteiger partial charge in [-0.15, -0.1) is 0 Å². The van der Waals surface area contributed by atoms with Crippen molar-refractivity contribution in [3.8, 4) is 0 Å². The third-order valence-corrected chi connectivity index (χ3v) is 5.31. The Hall–Kier alpha value is -2.30. The third kappa shape index (κ3) is 3.55. The molecule has 25 heavy (non-hydrogen) atoms. The zero-order chi connectivity index (χ0) is 17.1. The summed E-state index contributed by atoms with van der Waals surface area (Å²) in [7, 11) is 0. The van der Waals surface area contributed by atoms with Crippen LogP contribution in [0.1, 0.15) is 60.7 Å². The fourth-order valence-electron chi connectivity index (χ4n) is 3.98. The lowest BCUT2D eigenvalue weighted by atomic mass is 10.1. The second kappa shape index (κ2) is 7.30. The Morgan fingerprint density at radius 2 is 2.24 bits per heavy atom. The molecule has 132 valence electrons. The van der Waals surface area contributed by atoms with Crippen molar-refractivity contribution >= 4 is 6.03 Å². The molecule has 5 nitrogen and oxygen atoms in total. The highest BCUT2D eigenvalue weighted by Gasteiger charge is 2.28. The van der Waals surface area contributed by atoms with E-state index in [1.165, 1.54) is 17.7 Å². The zero-order valence-corrected chi connectivity index (χ0v) is 14.5. The van der Waals surface area contributed by atoms with Gasteiger partial charge in [-0.3, -0.25) is 4.98 Å². The van der Waals surface area contributed by atoms with Gasteiger partial charge in [-0.1, -0.05) is 18.9 Å². The molecular weight excluding hydrogens is 314 g/mol. The summed E-state index contributed by atoms with van der Waals surface area (Å²) in [4.78, 5) is 19.3. The van der Waals surface area contributed by atoms with E-state index in [0.29, 0.717) is 6.54 Å². The lowest BCUT2D eigenvalue weighted by molar-refractivity contribution is 0.166. The Morgan fingerprint density at radius 3 is 3.12 bits per heavy atom. The van der Waals surface area contributed by atoms with Crippen molar-refractivity contribution in [3.63, 3.8) is 0 Å². The topological polar surface area (TPSA) is 58.4 Å². The molecule has 0 spiro atoms. The van der Waals surface area contributed by atoms with Gasteiger partial charge in [0.2, 0.25) is 0 Å². The summed E-state index contributed by atoms with van der Waals surface area (Å²) in [5, 5.41) is 3.08. The van der Waals surface area contributed by atoms with Crippen LogP contribution in [0.5, 0.6) is 0 Å². The normalized spacial score (nSPS) is 20.2. The van der Waals surface area contributed by atoms with E-state index in [4.69, 9.17) is 4.42 Å². The maximum absolute atomic E-state index is 12.8. The summed E-state index contributed by atoms with van der Waals surface area (Å²) in [6, 6.07) is 6.09. The highest BCUT2D eigenvalue weighted by Crippen LogP contribution is 2.30. The standard InChI is InChI=1S/C20H25N3O2/c24-20(22-14-15-12-16-6-4-7-17(16)21-13-15)23-10-3-1-2-8-18(23)19-9-5-11-25-19/h5,9,11-13,18H,1-4,6-8,10,14H2,(H,22,24)/t18-/m0/s1. The number of hydrogen-bond acceptors (Lipinski definition) is 3. The van der Waals surface area contributed by atoms with Gasteiger partial charge in [0, 0.05) is 25.0 Å². The number of aryl methyl sites for hydroxylation is 2. The van der Waals surface area contributed by atoms with Crippen LogP contribution >= 0.6 is 0 Å². The van der Waals surface area contributed by atoms with Gasteiger partial charge in [-0.25, -0.2) is 4.79 Å². The summed E-state index contributed by atoms with van der Waals surface area (Å²) in [6.07, 6.45) is 11.3. The molecule has 1 N–H and O–H groups in total. The molecule has 0 bridgehead atoms. The molecule has 2 amide bonds. The Bertz CT molecular complexity index is 727. The number of hydrogen-bond donors (Lipinski definition) is 1. The first-order chi connectivity index (χ1) is 12.3. The van der Waals surface area contributed by atoms with E-state index in [1.54, 1.807) is 6.26 Å². The van der Waals surface area contributed by atoms with E-state index in [9.17, 15) is 4.79 Å². The van der Waals surface area contributed by atoms with Crippen LogP contribution < -0.4 is 5.32 Å². The molecule has 1 saturated heterocycles. The Balaban J connectivity index is 1.43. The first-order valence-corrected chi connectivity index (χ1v) is 9.36. The van der Waals surface area contributed by atoms with Crippen molar-refractivity contribution < 1.29 is 9.21 Å². The molecule has 0 saturated carbocycles. The van der Waals surface area contributed by atoms with Gasteiger partial charge in [-0.05, 0) is 55.4 Å². The number of furan rings is 1. The molecule has 2 aromatic rings. The van der Waals surface area contributed by atoms with Crippen molar-refractivity contribution in [2.24, 2.45) is 0 Å². The monoisotopic (exact) mass is 339 g/mol. The lowest BCUT2D eigenvalue weighted by Crippen LogP contribution is -2.41. The van der Waals surface area contributed by atoms with E-state index in [0.717, 1.165) is 56.4 Å². The van der Waals surface area contributed by atoms with Crippen molar-refractivity contribution in [1.82, 2.24) is 15.2 Å². The van der Waals surface area contributed by atoms with Crippen molar-refractivity contribution in [2.45, 2.75) is 57.5 Å². The van der Waals surface area contributed by atoms with Crippen LogP contribution in [0, 0.1) is 0 Å². The molecule has 0 unspecified atom stereocenters. The second-order valence-electron chi connectivity index (χ2n) is 7.04. The molecule has 1 aliphatic carbocycles. The van der Waals surface area contributed by atoms with Crippen LogP contribution in [0.3, 0.4) is 0 Å². The number of fused-ring (bicyclic) bond motifs is 1. The van der Waals surface area contributed by atoms with Gasteiger partial charge in [0.1, 0.15) is 5.76 Å². The number of nitrogens with one attached hydrogen (secondary N) is 1. The third-order valence-electron chi connectivity index (χ3n) is 5.31. The number of nitrogens with zero attached hydrogens (tertiary/aromatic N) is 2. The summed E-state index contributed by atoms with van der Waals surface area (Å²) < 4.78 is 5.59. The minimum Gasteiger partial charge on any atom is -0.467 e. The average molecular weight is 339 g/mol. The quantitative estimate of drug-likeness (QED) is 0.920. The van der Waals surface area contributed by atoms with E-state index >= 15 is 0 Å². The number of carbonyl (C=O) groups excluding carboxylic acids is 1. The molecule has 3 heterocycles. The van der Waals surface area contributed by atoms with Crippen LogP contribution in [0.25, 0.3) is 0 Å². The average Bonchev–Trinajstić information content (AvgIpc) is 3.26. The lowest BCUT2D eigenvalue weighted by Gasteiger charge is -2.28. The molecule has 2 aromatic heterocycles. The molecule has 0 radical (unpaired) electrons. The molecule has 2 aliphatic rings. The molecule has 1 atom stereocenters. The minimum absolute atomic E-state index is 0.0104. The second-order valence-corrected chi connectivity index (χ2v) is 7.04. The Morgan fingerprint density at radius 1 is 1.28 bits per heavy atom. The van der Waals surface area contributed by atoms with Gasteiger partial charge in [0.05, 0.1) is 12.3 Å². The SMILES string of the molecule is O=C(NCc1cnc2c(c1)CCC2)N1CCCCC[C@H]1c1ccco1. The highest BCUT2D eigenvalue weighted by molar-refractivity contribution is 5.74. The maximum Gasteiger partial charge on any atom is 0.318 e. The van der Waals surface area contributed by atoms with Crippen molar-refractivity contribution in [1.29, 1.82) is 0 Å². The summed E-state index contributed by atoms with van der Waals surface area (Å²) >= 11 is 0. The number of rotatable bonds is 3.